The van der Waals surface area contributed by atoms with Crippen LogP contribution in [0.5, 0.6) is 0 Å². The van der Waals surface area contributed by atoms with E-state index in [1.54, 1.807) is 0 Å². The fourth-order valence-electron chi connectivity index (χ4n) is 6.36. The minimum atomic E-state index is -4.28. The summed E-state index contributed by atoms with van der Waals surface area (Å²) in [6.07, 6.45) is 3.80. The van der Waals surface area contributed by atoms with E-state index in [0.29, 0.717) is 18.4 Å². The summed E-state index contributed by atoms with van der Waals surface area (Å²) in [6.45, 7) is 1.10. The summed E-state index contributed by atoms with van der Waals surface area (Å²) in [4.78, 5) is 2.66. The van der Waals surface area contributed by atoms with Gasteiger partial charge < -0.3 is 10.5 Å². The Morgan fingerprint density at radius 2 is 1.63 bits per heavy atom. The lowest BCUT2D eigenvalue weighted by atomic mass is 9.83. The lowest BCUT2D eigenvalue weighted by molar-refractivity contribution is -0.211. The molecule has 9 heteroatoms. The van der Waals surface area contributed by atoms with Crippen molar-refractivity contribution in [3.05, 3.63) is 0 Å². The van der Waals surface area contributed by atoms with Crippen molar-refractivity contribution in [1.82, 2.24) is 21.1 Å². The van der Waals surface area contributed by atoms with Crippen molar-refractivity contribution in [2.75, 3.05) is 6.54 Å². The van der Waals surface area contributed by atoms with Crippen LogP contribution in [-0.4, -0.2) is 54.4 Å². The molecule has 4 saturated heterocycles. The van der Waals surface area contributed by atoms with Crippen LogP contribution >= 0.6 is 0 Å². The molecule has 0 amide bonds. The Kier molecular flexibility index (Phi) is 6.05. The molecule has 7 unspecified atom stereocenters. The molecule has 5 aliphatic rings. The topological polar surface area (TPSA) is 74.6 Å². The van der Waals surface area contributed by atoms with Gasteiger partial charge in [-0.3, -0.25) is 10.2 Å². The monoisotopic (exact) mass is 431 g/mol. The van der Waals surface area contributed by atoms with E-state index in [1.807, 2.05) is 0 Å². The predicted octanol–water partition coefficient (Wildman–Crippen LogP) is 2.41. The van der Waals surface area contributed by atoms with Crippen molar-refractivity contribution < 1.29 is 17.9 Å². The molecule has 6 nitrogen and oxygen atoms in total. The molecule has 1 saturated carbocycles. The van der Waals surface area contributed by atoms with Crippen molar-refractivity contribution in [2.45, 2.75) is 107 Å². The van der Waals surface area contributed by atoms with Gasteiger partial charge in [-0.25, -0.2) is 10.9 Å². The Hall–Kier alpha value is -0.450. The molecule has 1 aliphatic carbocycles. The normalized spacial score (nSPS) is 46.4. The second-order valence-corrected chi connectivity index (χ2v) is 10.1. The van der Waals surface area contributed by atoms with Crippen molar-refractivity contribution in [1.29, 1.82) is 0 Å². The van der Waals surface area contributed by atoms with Crippen molar-refractivity contribution in [2.24, 2.45) is 23.5 Å². The van der Waals surface area contributed by atoms with Crippen LogP contribution in [0.3, 0.4) is 0 Å². The van der Waals surface area contributed by atoms with Crippen LogP contribution in [0, 0.1) is 17.8 Å². The first-order valence-electron chi connectivity index (χ1n) is 11.9. The number of fused-ring (bicyclic) bond motifs is 7. The van der Waals surface area contributed by atoms with Gasteiger partial charge in [0, 0.05) is 12.1 Å². The van der Waals surface area contributed by atoms with Crippen LogP contribution in [0.1, 0.15) is 64.2 Å². The van der Waals surface area contributed by atoms with Crippen LogP contribution in [0.15, 0.2) is 0 Å². The minimum Gasteiger partial charge on any atom is -0.340 e. The summed E-state index contributed by atoms with van der Waals surface area (Å²) in [7, 11) is 0. The molecular formula is C21H36F3N5O. The highest BCUT2D eigenvalue weighted by Gasteiger charge is 2.52. The SMILES string of the molecule is NC1CC(C2CC2)C2NC1C1NNC(O1)C(C(F)(F)F)CCCCC[C@@H]1CCCN21. The number of rotatable bonds is 1. The number of hydrogen-bond donors (Lipinski definition) is 4. The first-order valence-corrected chi connectivity index (χ1v) is 11.9. The quantitative estimate of drug-likeness (QED) is 0.511. The number of nitrogens with one attached hydrogen (secondary N) is 3. The Labute approximate surface area is 176 Å². The zero-order valence-corrected chi connectivity index (χ0v) is 17.5. The van der Waals surface area contributed by atoms with Gasteiger partial charge >= 0.3 is 6.18 Å². The Balaban J connectivity index is 1.40. The lowest BCUT2D eigenvalue weighted by Crippen LogP contribution is -2.69. The van der Waals surface area contributed by atoms with Crippen LogP contribution in [-0.2, 0) is 4.74 Å². The highest BCUT2D eigenvalue weighted by Crippen LogP contribution is 2.45. The van der Waals surface area contributed by atoms with Crippen LogP contribution in [0.4, 0.5) is 13.2 Å². The zero-order chi connectivity index (χ0) is 20.9. The summed E-state index contributed by atoms with van der Waals surface area (Å²) in [5.41, 5.74) is 12.4. The molecule has 30 heavy (non-hydrogen) atoms. The molecule has 5 fully saturated rings. The fraction of sp³-hybridized carbons (Fsp3) is 1.00. The average molecular weight is 432 g/mol. The highest BCUT2D eigenvalue weighted by atomic mass is 19.4. The van der Waals surface area contributed by atoms with Crippen LogP contribution in [0.2, 0.25) is 0 Å². The number of nitrogens with two attached hydrogens (primary N) is 1. The van der Waals surface area contributed by atoms with Gasteiger partial charge in [0.25, 0.3) is 0 Å². The van der Waals surface area contributed by atoms with Gasteiger partial charge in [0.2, 0.25) is 0 Å². The predicted molar refractivity (Wildman–Crippen MR) is 107 cm³/mol. The number of hydrazine groups is 1. The van der Waals surface area contributed by atoms with Gasteiger partial charge in [-0.2, -0.15) is 13.2 Å². The third-order valence-electron chi connectivity index (χ3n) is 8.11. The van der Waals surface area contributed by atoms with E-state index >= 15 is 0 Å². The molecule has 4 aliphatic heterocycles. The number of halogens is 3. The number of hydrogen-bond acceptors (Lipinski definition) is 6. The van der Waals surface area contributed by atoms with Crippen molar-refractivity contribution in [3.8, 4) is 0 Å². The highest BCUT2D eigenvalue weighted by molar-refractivity contribution is 5.03. The number of piperidine rings is 1. The molecule has 5 rings (SSSR count). The van der Waals surface area contributed by atoms with E-state index in [1.165, 1.54) is 25.7 Å². The van der Waals surface area contributed by atoms with E-state index in [-0.39, 0.29) is 24.7 Å². The number of ether oxygens (including phenoxy) is 1. The molecule has 0 aromatic rings. The van der Waals surface area contributed by atoms with Crippen LogP contribution < -0.4 is 21.9 Å². The molecule has 0 spiro atoms. The van der Waals surface area contributed by atoms with Gasteiger partial charge in [0.15, 0.2) is 0 Å². The average Bonchev–Trinajstić information content (AvgIpc) is 3.24. The van der Waals surface area contributed by atoms with Crippen molar-refractivity contribution in [3.63, 3.8) is 0 Å². The Morgan fingerprint density at radius 3 is 2.40 bits per heavy atom. The smallest absolute Gasteiger partial charge is 0.340 e. The summed E-state index contributed by atoms with van der Waals surface area (Å²) in [5.74, 6) is -0.249. The molecule has 0 radical (unpaired) electrons. The molecule has 172 valence electrons. The van der Waals surface area contributed by atoms with Gasteiger partial charge in [-0.05, 0) is 63.3 Å². The standard InChI is InChI=1S/C21H36F3N5O/c22-21(23,24)15-7-3-1-2-5-13-6-4-10-29(13)18-14(12-8-9-12)11-16(25)17(26-18)20-28-27-19(15)30-20/h12-20,26-28H,1-11,25H2/t13-,14?,15?,16?,17?,18?,19?,20?/m1/s1. The van der Waals surface area contributed by atoms with Gasteiger partial charge in [0.05, 0.1) is 18.1 Å². The summed E-state index contributed by atoms with van der Waals surface area (Å²) < 4.78 is 47.1. The number of alkyl halides is 3. The largest absolute Gasteiger partial charge is 0.395 e. The summed E-state index contributed by atoms with van der Waals surface area (Å²) in [6, 6.07) is 0.187. The first kappa shape index (κ1) is 21.4. The van der Waals surface area contributed by atoms with Gasteiger partial charge in [-0.1, -0.05) is 19.3 Å². The first-order chi connectivity index (χ1) is 14.4. The molecular weight excluding hydrogens is 395 g/mol. The molecule has 4 heterocycles. The van der Waals surface area contributed by atoms with E-state index in [9.17, 15) is 13.2 Å². The minimum absolute atomic E-state index is 0.0977. The summed E-state index contributed by atoms with van der Waals surface area (Å²) in [5, 5.41) is 3.77. The molecule has 0 aromatic carbocycles. The Morgan fingerprint density at radius 1 is 0.900 bits per heavy atom. The maximum absolute atomic E-state index is 13.7. The second-order valence-electron chi connectivity index (χ2n) is 10.1. The van der Waals surface area contributed by atoms with E-state index in [2.05, 4.69) is 21.1 Å². The Bertz CT molecular complexity index is 604. The third kappa shape index (κ3) is 4.26. The van der Waals surface area contributed by atoms with E-state index in [0.717, 1.165) is 38.1 Å². The lowest BCUT2D eigenvalue weighted by Gasteiger charge is -2.48. The van der Waals surface area contributed by atoms with E-state index < -0.39 is 24.6 Å². The number of nitrogens with zero attached hydrogens (tertiary/aromatic N) is 1. The molecule has 0 aromatic heterocycles. The zero-order valence-electron chi connectivity index (χ0n) is 17.5. The van der Waals surface area contributed by atoms with Crippen molar-refractivity contribution >= 4 is 0 Å². The maximum atomic E-state index is 13.7. The van der Waals surface area contributed by atoms with Gasteiger partial charge in [0.1, 0.15) is 12.5 Å². The third-order valence-corrected chi connectivity index (χ3v) is 8.11. The molecule has 4 bridgehead atoms. The molecule has 5 N–H and O–H groups in total. The fourth-order valence-corrected chi connectivity index (χ4v) is 6.36. The maximum Gasteiger partial charge on any atom is 0.395 e. The molecule has 8 atom stereocenters. The van der Waals surface area contributed by atoms with Gasteiger partial charge in [-0.15, -0.1) is 0 Å². The van der Waals surface area contributed by atoms with E-state index in [4.69, 9.17) is 10.5 Å². The summed E-state index contributed by atoms with van der Waals surface area (Å²) >= 11 is 0. The second kappa shape index (κ2) is 8.48. The van der Waals surface area contributed by atoms with Crippen LogP contribution in [0.25, 0.3) is 0 Å².